The molecule has 1 aliphatic rings. The van der Waals surface area contributed by atoms with E-state index in [2.05, 4.69) is 32.3 Å². The predicted molar refractivity (Wildman–Crippen MR) is 87.0 cm³/mol. The van der Waals surface area contributed by atoms with Gasteiger partial charge in [-0.3, -0.25) is 4.79 Å². The number of aromatic nitrogens is 2. The second kappa shape index (κ2) is 5.50. The van der Waals surface area contributed by atoms with Crippen LogP contribution >= 0.6 is 11.7 Å². The number of amides is 1. The Morgan fingerprint density at radius 2 is 2.05 bits per heavy atom. The standard InChI is InChI=1S/C17H15N3OS/c21-17(13-8-4-10-15-16(13)20-22-19-15)18-14-9-3-6-11-5-1-2-7-12(11)14/h1-2,4-5,7-8,10,14H,3,6,9H2,(H,18,21)/t14-/m0/s1. The van der Waals surface area contributed by atoms with E-state index in [1.807, 2.05) is 24.3 Å². The first-order chi connectivity index (χ1) is 10.8. The highest BCUT2D eigenvalue weighted by Gasteiger charge is 2.23. The molecule has 0 saturated carbocycles. The Labute approximate surface area is 132 Å². The van der Waals surface area contributed by atoms with E-state index >= 15 is 0 Å². The van der Waals surface area contributed by atoms with E-state index in [4.69, 9.17) is 0 Å². The Bertz CT molecular complexity index is 843. The lowest BCUT2D eigenvalue weighted by Gasteiger charge is -2.26. The van der Waals surface area contributed by atoms with E-state index in [1.165, 1.54) is 11.1 Å². The third-order valence-electron chi connectivity index (χ3n) is 4.21. The van der Waals surface area contributed by atoms with E-state index < -0.39 is 0 Å². The predicted octanol–water partition coefficient (Wildman–Crippen LogP) is 3.50. The maximum absolute atomic E-state index is 12.7. The minimum Gasteiger partial charge on any atom is -0.345 e. The minimum absolute atomic E-state index is 0.0694. The summed E-state index contributed by atoms with van der Waals surface area (Å²) >= 11 is 1.14. The average Bonchev–Trinajstić information content (AvgIpc) is 3.03. The number of nitrogens with one attached hydrogen (secondary N) is 1. The number of nitrogens with zero attached hydrogens (tertiary/aromatic N) is 2. The first-order valence-corrected chi connectivity index (χ1v) is 8.16. The zero-order chi connectivity index (χ0) is 14.9. The summed E-state index contributed by atoms with van der Waals surface area (Å²) in [4.78, 5) is 12.7. The van der Waals surface area contributed by atoms with Gasteiger partial charge in [0.1, 0.15) is 11.0 Å². The van der Waals surface area contributed by atoms with Crippen molar-refractivity contribution >= 4 is 28.7 Å². The Balaban J connectivity index is 1.64. The van der Waals surface area contributed by atoms with Crippen molar-refractivity contribution in [2.24, 2.45) is 0 Å². The van der Waals surface area contributed by atoms with Crippen molar-refractivity contribution in [1.29, 1.82) is 0 Å². The summed E-state index contributed by atoms with van der Waals surface area (Å²) in [6.07, 6.45) is 3.17. The van der Waals surface area contributed by atoms with Crippen molar-refractivity contribution in [2.75, 3.05) is 0 Å². The molecule has 1 aliphatic carbocycles. The molecule has 2 aromatic carbocycles. The molecule has 0 radical (unpaired) electrons. The van der Waals surface area contributed by atoms with Gasteiger partial charge in [-0.25, -0.2) is 0 Å². The number of benzene rings is 2. The maximum Gasteiger partial charge on any atom is 0.254 e. The van der Waals surface area contributed by atoms with Crippen LogP contribution in [0.2, 0.25) is 0 Å². The molecule has 0 aliphatic heterocycles. The van der Waals surface area contributed by atoms with Gasteiger partial charge < -0.3 is 5.32 Å². The van der Waals surface area contributed by atoms with Crippen molar-refractivity contribution in [1.82, 2.24) is 14.1 Å². The van der Waals surface area contributed by atoms with Gasteiger partial charge in [0.05, 0.1) is 23.3 Å². The van der Waals surface area contributed by atoms with Crippen LogP contribution in [0.4, 0.5) is 0 Å². The summed E-state index contributed by atoms with van der Waals surface area (Å²) in [6, 6.07) is 14.0. The Kier molecular flexibility index (Phi) is 3.35. The molecule has 0 saturated heterocycles. The number of fused-ring (bicyclic) bond motifs is 2. The molecule has 22 heavy (non-hydrogen) atoms. The molecule has 0 spiro atoms. The van der Waals surface area contributed by atoms with Crippen molar-refractivity contribution in [3.63, 3.8) is 0 Å². The lowest BCUT2D eigenvalue weighted by molar-refractivity contribution is 0.0934. The van der Waals surface area contributed by atoms with Crippen molar-refractivity contribution in [3.8, 4) is 0 Å². The third kappa shape index (κ3) is 2.27. The number of carbonyl (C=O) groups excluding carboxylic acids is 1. The summed E-state index contributed by atoms with van der Waals surface area (Å²) in [5.74, 6) is -0.0694. The first-order valence-electron chi connectivity index (χ1n) is 7.43. The highest BCUT2D eigenvalue weighted by Crippen LogP contribution is 2.30. The molecule has 1 aromatic heterocycles. The van der Waals surface area contributed by atoms with Gasteiger partial charge in [-0.1, -0.05) is 30.3 Å². The van der Waals surface area contributed by atoms with Crippen LogP contribution < -0.4 is 5.32 Å². The van der Waals surface area contributed by atoms with Crippen LogP contribution in [0, 0.1) is 0 Å². The molecule has 0 bridgehead atoms. The molecular formula is C17H15N3OS. The number of aryl methyl sites for hydroxylation is 1. The molecule has 0 fully saturated rings. The van der Waals surface area contributed by atoms with E-state index in [-0.39, 0.29) is 11.9 Å². The van der Waals surface area contributed by atoms with Gasteiger partial charge in [0.25, 0.3) is 5.91 Å². The van der Waals surface area contributed by atoms with Crippen LogP contribution in [0.3, 0.4) is 0 Å². The normalized spacial score (nSPS) is 17.2. The molecule has 4 nitrogen and oxygen atoms in total. The lowest BCUT2D eigenvalue weighted by Crippen LogP contribution is -2.31. The highest BCUT2D eigenvalue weighted by atomic mass is 32.1. The van der Waals surface area contributed by atoms with Gasteiger partial charge in [0.15, 0.2) is 0 Å². The number of hydrogen-bond donors (Lipinski definition) is 1. The first kappa shape index (κ1) is 13.4. The number of rotatable bonds is 2. The number of carbonyl (C=O) groups is 1. The van der Waals surface area contributed by atoms with Crippen LogP contribution in [0.15, 0.2) is 42.5 Å². The van der Waals surface area contributed by atoms with Crippen LogP contribution in [-0.2, 0) is 6.42 Å². The zero-order valence-corrected chi connectivity index (χ0v) is 12.8. The third-order valence-corrected chi connectivity index (χ3v) is 4.75. The summed E-state index contributed by atoms with van der Waals surface area (Å²) < 4.78 is 8.44. The maximum atomic E-state index is 12.7. The average molecular weight is 309 g/mol. The van der Waals surface area contributed by atoms with Gasteiger partial charge in [-0.2, -0.15) is 8.75 Å². The van der Waals surface area contributed by atoms with Crippen LogP contribution in [0.5, 0.6) is 0 Å². The fourth-order valence-corrected chi connectivity index (χ4v) is 3.68. The topological polar surface area (TPSA) is 54.9 Å². The van der Waals surface area contributed by atoms with Crippen LogP contribution in [0.1, 0.15) is 40.4 Å². The summed E-state index contributed by atoms with van der Waals surface area (Å²) in [6.45, 7) is 0. The fraction of sp³-hybridized carbons (Fsp3) is 0.235. The minimum atomic E-state index is -0.0694. The molecule has 5 heteroatoms. The van der Waals surface area contributed by atoms with Crippen LogP contribution in [-0.4, -0.2) is 14.7 Å². The fourth-order valence-electron chi connectivity index (χ4n) is 3.13. The van der Waals surface area contributed by atoms with E-state index in [9.17, 15) is 4.79 Å². The highest BCUT2D eigenvalue weighted by molar-refractivity contribution is 7.00. The SMILES string of the molecule is O=C(N[C@H]1CCCc2ccccc21)c1cccc2nsnc12. The largest absolute Gasteiger partial charge is 0.345 e. The Morgan fingerprint density at radius 3 is 3.00 bits per heavy atom. The zero-order valence-electron chi connectivity index (χ0n) is 12.0. The van der Waals surface area contributed by atoms with Gasteiger partial charge in [-0.05, 0) is 42.5 Å². The molecule has 1 atom stereocenters. The molecule has 0 unspecified atom stereocenters. The van der Waals surface area contributed by atoms with E-state index in [0.717, 1.165) is 36.5 Å². The van der Waals surface area contributed by atoms with E-state index in [0.29, 0.717) is 11.1 Å². The van der Waals surface area contributed by atoms with Crippen molar-refractivity contribution in [3.05, 3.63) is 59.2 Å². The molecule has 1 amide bonds. The smallest absolute Gasteiger partial charge is 0.254 e. The molecule has 110 valence electrons. The molecule has 3 aromatic rings. The lowest BCUT2D eigenvalue weighted by atomic mass is 9.87. The van der Waals surface area contributed by atoms with Gasteiger partial charge >= 0.3 is 0 Å². The van der Waals surface area contributed by atoms with Crippen LogP contribution in [0.25, 0.3) is 11.0 Å². The summed E-state index contributed by atoms with van der Waals surface area (Å²) in [7, 11) is 0. The van der Waals surface area contributed by atoms with Gasteiger partial charge in [-0.15, -0.1) is 0 Å². The van der Waals surface area contributed by atoms with Crippen molar-refractivity contribution < 1.29 is 4.79 Å². The second-order valence-electron chi connectivity index (χ2n) is 5.55. The Morgan fingerprint density at radius 1 is 1.14 bits per heavy atom. The van der Waals surface area contributed by atoms with Gasteiger partial charge in [0.2, 0.25) is 0 Å². The monoisotopic (exact) mass is 309 g/mol. The van der Waals surface area contributed by atoms with E-state index in [1.54, 1.807) is 0 Å². The quantitative estimate of drug-likeness (QED) is 0.788. The molecule has 1 heterocycles. The summed E-state index contributed by atoms with van der Waals surface area (Å²) in [5.41, 5.74) is 4.66. The Hall–Kier alpha value is -2.27. The molecular weight excluding hydrogens is 294 g/mol. The second-order valence-corrected chi connectivity index (χ2v) is 6.08. The number of hydrogen-bond acceptors (Lipinski definition) is 4. The van der Waals surface area contributed by atoms with Crippen molar-refractivity contribution in [2.45, 2.75) is 25.3 Å². The molecule has 4 rings (SSSR count). The summed E-state index contributed by atoms with van der Waals surface area (Å²) in [5, 5.41) is 3.17. The molecule has 1 N–H and O–H groups in total. The van der Waals surface area contributed by atoms with Gasteiger partial charge in [0, 0.05) is 0 Å².